The van der Waals surface area contributed by atoms with Crippen LogP contribution in [-0.4, -0.2) is 78.9 Å². The number of amides is 2. The van der Waals surface area contributed by atoms with Gasteiger partial charge in [0.1, 0.15) is 0 Å². The molecule has 6 nitrogen and oxygen atoms in total. The van der Waals surface area contributed by atoms with Crippen molar-refractivity contribution >= 4 is 11.8 Å². The molecule has 1 aromatic carbocycles. The van der Waals surface area contributed by atoms with Gasteiger partial charge in [-0.2, -0.15) is 0 Å². The van der Waals surface area contributed by atoms with Crippen molar-refractivity contribution in [1.82, 2.24) is 20.0 Å². The van der Waals surface area contributed by atoms with Crippen LogP contribution in [0.25, 0.3) is 0 Å². The molecule has 3 rings (SSSR count). The van der Waals surface area contributed by atoms with Crippen molar-refractivity contribution in [2.75, 3.05) is 46.3 Å². The first kappa shape index (κ1) is 20.8. The number of nitrogens with one attached hydrogen (secondary N) is 1. The zero-order chi connectivity index (χ0) is 19.9. The molecule has 0 aliphatic carbocycles. The minimum atomic E-state index is -0.00961. The summed E-state index contributed by atoms with van der Waals surface area (Å²) in [7, 11) is 2.17. The van der Waals surface area contributed by atoms with Gasteiger partial charge in [-0.1, -0.05) is 12.1 Å². The Hall–Kier alpha value is -1.92. The van der Waals surface area contributed by atoms with Crippen LogP contribution in [0, 0.1) is 0 Å². The largest absolute Gasteiger partial charge is 0.356 e. The van der Waals surface area contributed by atoms with Crippen molar-refractivity contribution in [3.63, 3.8) is 0 Å². The summed E-state index contributed by atoms with van der Waals surface area (Å²) in [4.78, 5) is 31.0. The Kier molecular flexibility index (Phi) is 7.45. The fourth-order valence-electron chi connectivity index (χ4n) is 4.17. The topological polar surface area (TPSA) is 55.9 Å². The molecular weight excluding hydrogens is 352 g/mol. The Bertz CT molecular complexity index is 653. The molecule has 0 aromatic heterocycles. The molecule has 1 atom stereocenters. The van der Waals surface area contributed by atoms with Gasteiger partial charge < -0.3 is 15.1 Å². The first-order chi connectivity index (χ1) is 13.5. The van der Waals surface area contributed by atoms with E-state index in [-0.39, 0.29) is 17.9 Å². The van der Waals surface area contributed by atoms with E-state index in [4.69, 9.17) is 0 Å². The summed E-state index contributed by atoms with van der Waals surface area (Å²) in [5.74, 6) is 0.114. The van der Waals surface area contributed by atoms with Gasteiger partial charge in [0.15, 0.2) is 0 Å². The Morgan fingerprint density at radius 3 is 2.43 bits per heavy atom. The number of likely N-dealkylation sites (N-methyl/N-ethyl adjacent to an activating group) is 1. The molecule has 6 heteroatoms. The third-order valence-electron chi connectivity index (χ3n) is 5.94. The SMILES string of the molecule is CC(=O)NCC[C@H]1CCCCN1C(=O)c1ccc(CN2CCN(C)CC2)cc1. The number of benzene rings is 1. The Morgan fingerprint density at radius 2 is 1.75 bits per heavy atom. The third-order valence-corrected chi connectivity index (χ3v) is 5.94. The molecule has 2 aliphatic rings. The molecule has 2 saturated heterocycles. The van der Waals surface area contributed by atoms with Crippen LogP contribution in [0.4, 0.5) is 0 Å². The van der Waals surface area contributed by atoms with E-state index in [1.807, 2.05) is 17.0 Å². The predicted octanol–water partition coefficient (Wildman–Crippen LogP) is 1.95. The van der Waals surface area contributed by atoms with Crippen molar-refractivity contribution < 1.29 is 9.59 Å². The van der Waals surface area contributed by atoms with Crippen molar-refractivity contribution in [1.29, 1.82) is 0 Å². The molecule has 1 aromatic rings. The van der Waals surface area contributed by atoms with E-state index in [0.29, 0.717) is 6.54 Å². The van der Waals surface area contributed by atoms with E-state index < -0.39 is 0 Å². The lowest BCUT2D eigenvalue weighted by molar-refractivity contribution is -0.119. The van der Waals surface area contributed by atoms with E-state index in [9.17, 15) is 9.59 Å². The number of piperazine rings is 1. The second-order valence-electron chi connectivity index (χ2n) is 8.20. The first-order valence-corrected chi connectivity index (χ1v) is 10.6. The predicted molar refractivity (Wildman–Crippen MR) is 111 cm³/mol. The maximum Gasteiger partial charge on any atom is 0.254 e. The molecule has 0 unspecified atom stereocenters. The molecule has 0 spiro atoms. The van der Waals surface area contributed by atoms with Gasteiger partial charge in [0.2, 0.25) is 5.91 Å². The lowest BCUT2D eigenvalue weighted by Crippen LogP contribution is -2.45. The molecule has 0 radical (unpaired) electrons. The highest BCUT2D eigenvalue weighted by Crippen LogP contribution is 2.22. The average molecular weight is 387 g/mol. The zero-order valence-corrected chi connectivity index (χ0v) is 17.3. The van der Waals surface area contributed by atoms with Crippen molar-refractivity contribution in [2.24, 2.45) is 0 Å². The minimum Gasteiger partial charge on any atom is -0.356 e. The summed E-state index contributed by atoms with van der Waals surface area (Å²) in [6.07, 6.45) is 4.06. The highest BCUT2D eigenvalue weighted by Gasteiger charge is 2.27. The van der Waals surface area contributed by atoms with Crippen LogP contribution in [0.2, 0.25) is 0 Å². The van der Waals surface area contributed by atoms with E-state index in [2.05, 4.69) is 34.3 Å². The van der Waals surface area contributed by atoms with Crippen LogP contribution in [0.15, 0.2) is 24.3 Å². The van der Waals surface area contributed by atoms with Gasteiger partial charge in [0.05, 0.1) is 0 Å². The maximum absolute atomic E-state index is 13.1. The molecule has 0 bridgehead atoms. The number of nitrogens with zero attached hydrogens (tertiary/aromatic N) is 3. The summed E-state index contributed by atoms with van der Waals surface area (Å²) in [5.41, 5.74) is 2.04. The smallest absolute Gasteiger partial charge is 0.254 e. The molecule has 2 heterocycles. The van der Waals surface area contributed by atoms with Crippen molar-refractivity contribution in [2.45, 2.75) is 45.2 Å². The highest BCUT2D eigenvalue weighted by molar-refractivity contribution is 5.94. The van der Waals surface area contributed by atoms with Gasteiger partial charge in [-0.15, -0.1) is 0 Å². The van der Waals surface area contributed by atoms with Gasteiger partial charge in [-0.05, 0) is 50.4 Å². The van der Waals surface area contributed by atoms with E-state index in [0.717, 1.165) is 70.5 Å². The molecule has 28 heavy (non-hydrogen) atoms. The van der Waals surface area contributed by atoms with Gasteiger partial charge >= 0.3 is 0 Å². The molecule has 2 fully saturated rings. The standard InChI is InChI=1S/C22H34N4O2/c1-18(27)23-11-10-21-5-3-4-12-26(21)22(28)20-8-6-19(7-9-20)17-25-15-13-24(2)14-16-25/h6-9,21H,3-5,10-17H2,1-2H3,(H,23,27)/t21-/m1/s1. The normalized spacial score (nSPS) is 21.5. The van der Waals surface area contributed by atoms with E-state index in [1.165, 1.54) is 12.5 Å². The number of rotatable bonds is 6. The van der Waals surface area contributed by atoms with Crippen molar-refractivity contribution in [3.8, 4) is 0 Å². The Labute approximate surface area is 168 Å². The van der Waals surface area contributed by atoms with Crippen LogP contribution in [-0.2, 0) is 11.3 Å². The lowest BCUT2D eigenvalue weighted by Gasteiger charge is -2.36. The Balaban J connectivity index is 1.57. The number of carbonyl (C=O) groups excluding carboxylic acids is 2. The number of piperidine rings is 1. The molecule has 0 saturated carbocycles. The van der Waals surface area contributed by atoms with Crippen LogP contribution in [0.1, 0.15) is 48.5 Å². The summed E-state index contributed by atoms with van der Waals surface area (Å²) in [6, 6.07) is 8.38. The van der Waals surface area contributed by atoms with Gasteiger partial charge in [0.25, 0.3) is 5.91 Å². The Morgan fingerprint density at radius 1 is 1.04 bits per heavy atom. The molecule has 2 aliphatic heterocycles. The van der Waals surface area contributed by atoms with Gasteiger partial charge in [0, 0.05) is 64.3 Å². The maximum atomic E-state index is 13.1. The second-order valence-corrected chi connectivity index (χ2v) is 8.20. The molecule has 154 valence electrons. The molecule has 1 N–H and O–H groups in total. The lowest BCUT2D eigenvalue weighted by atomic mass is 9.98. The number of likely N-dealkylation sites (tertiary alicyclic amines) is 1. The second kappa shape index (κ2) is 10.0. The number of hydrogen-bond acceptors (Lipinski definition) is 4. The summed E-state index contributed by atoms with van der Waals surface area (Å²) in [6.45, 7) is 8.36. The van der Waals surface area contributed by atoms with E-state index >= 15 is 0 Å². The van der Waals surface area contributed by atoms with E-state index in [1.54, 1.807) is 0 Å². The average Bonchev–Trinajstić information content (AvgIpc) is 2.70. The quantitative estimate of drug-likeness (QED) is 0.812. The highest BCUT2D eigenvalue weighted by atomic mass is 16.2. The minimum absolute atomic E-state index is 0.00961. The number of hydrogen-bond donors (Lipinski definition) is 1. The fraction of sp³-hybridized carbons (Fsp3) is 0.636. The van der Waals surface area contributed by atoms with Crippen molar-refractivity contribution in [3.05, 3.63) is 35.4 Å². The van der Waals surface area contributed by atoms with Crippen LogP contribution < -0.4 is 5.32 Å². The summed E-state index contributed by atoms with van der Waals surface area (Å²) < 4.78 is 0. The molecule has 2 amide bonds. The summed E-state index contributed by atoms with van der Waals surface area (Å²) in [5, 5.41) is 2.86. The summed E-state index contributed by atoms with van der Waals surface area (Å²) >= 11 is 0. The van der Waals surface area contributed by atoms with Crippen LogP contribution in [0.3, 0.4) is 0 Å². The third kappa shape index (κ3) is 5.79. The van der Waals surface area contributed by atoms with Crippen LogP contribution in [0.5, 0.6) is 0 Å². The van der Waals surface area contributed by atoms with Gasteiger partial charge in [-0.25, -0.2) is 0 Å². The molecular formula is C22H34N4O2. The fourth-order valence-corrected chi connectivity index (χ4v) is 4.17. The van der Waals surface area contributed by atoms with Gasteiger partial charge in [-0.3, -0.25) is 14.5 Å². The first-order valence-electron chi connectivity index (χ1n) is 10.6. The van der Waals surface area contributed by atoms with Crippen LogP contribution >= 0.6 is 0 Å². The zero-order valence-electron chi connectivity index (χ0n) is 17.3. The monoisotopic (exact) mass is 386 g/mol. The number of carbonyl (C=O) groups is 2.